The van der Waals surface area contributed by atoms with Crippen molar-refractivity contribution in [1.82, 2.24) is 9.62 Å². The number of amides is 1. The molecular formula is C12H18N2O5S2. The predicted molar refractivity (Wildman–Crippen MR) is 78.8 cm³/mol. The number of aliphatic carboxylic acids is 1. The van der Waals surface area contributed by atoms with Gasteiger partial charge in [0.1, 0.15) is 10.3 Å². The van der Waals surface area contributed by atoms with Crippen LogP contribution in [-0.2, 0) is 26.0 Å². The van der Waals surface area contributed by atoms with E-state index < -0.39 is 22.0 Å². The van der Waals surface area contributed by atoms with E-state index in [4.69, 9.17) is 5.11 Å². The van der Waals surface area contributed by atoms with Gasteiger partial charge in [-0.2, -0.15) is 4.31 Å². The summed E-state index contributed by atoms with van der Waals surface area (Å²) in [6.45, 7) is 3.15. The first-order valence-electron chi connectivity index (χ1n) is 6.20. The Kier molecular flexibility index (Phi) is 5.87. The van der Waals surface area contributed by atoms with E-state index in [-0.39, 0.29) is 10.1 Å². The van der Waals surface area contributed by atoms with Crippen LogP contribution in [0.4, 0.5) is 0 Å². The Bertz CT molecular complexity index is 623. The Labute approximate surface area is 127 Å². The number of nitrogens with one attached hydrogen (secondary N) is 1. The van der Waals surface area contributed by atoms with Crippen LogP contribution in [0.5, 0.6) is 0 Å². The minimum atomic E-state index is -3.82. The lowest BCUT2D eigenvalue weighted by Gasteiger charge is -2.19. The number of nitrogens with zero attached hydrogens (tertiary/aromatic N) is 1. The summed E-state index contributed by atoms with van der Waals surface area (Å²) >= 11 is 1.08. The van der Waals surface area contributed by atoms with Gasteiger partial charge < -0.3 is 10.4 Å². The fraction of sp³-hybridized carbons (Fsp3) is 0.500. The van der Waals surface area contributed by atoms with Gasteiger partial charge in [0.05, 0.1) is 0 Å². The third kappa shape index (κ3) is 4.51. The smallest absolute Gasteiger partial charge is 0.321 e. The number of carbonyl (C=O) groups is 2. The highest BCUT2D eigenvalue weighted by molar-refractivity contribution is 7.91. The first-order chi connectivity index (χ1) is 9.66. The number of sulfonamides is 1. The molecule has 7 nitrogen and oxygen atoms in total. The van der Waals surface area contributed by atoms with Crippen molar-refractivity contribution in [2.45, 2.75) is 30.5 Å². The maximum Gasteiger partial charge on any atom is 0.321 e. The zero-order valence-corrected chi connectivity index (χ0v) is 13.6. The molecule has 0 saturated heterocycles. The highest BCUT2D eigenvalue weighted by atomic mass is 32.2. The number of thiophene rings is 1. The first-order valence-corrected chi connectivity index (χ1v) is 8.46. The molecule has 0 aromatic carbocycles. The summed E-state index contributed by atoms with van der Waals surface area (Å²) in [5.74, 6) is -1.35. The molecule has 1 aromatic heterocycles. The van der Waals surface area contributed by atoms with E-state index in [2.05, 4.69) is 5.32 Å². The first kappa shape index (κ1) is 17.6. The van der Waals surface area contributed by atoms with Crippen molar-refractivity contribution in [2.24, 2.45) is 0 Å². The summed E-state index contributed by atoms with van der Waals surface area (Å²) in [6.07, 6.45) is 0.526. The summed E-state index contributed by atoms with van der Waals surface area (Å²) in [5.41, 5.74) is 0. The molecule has 0 bridgehead atoms. The van der Waals surface area contributed by atoms with Gasteiger partial charge in [0.25, 0.3) is 10.0 Å². The summed E-state index contributed by atoms with van der Waals surface area (Å²) < 4.78 is 25.5. The molecule has 1 amide bonds. The normalized spacial score (nSPS) is 13.1. The number of carboxylic acid groups (broad SMARTS) is 1. The molecule has 0 aliphatic rings. The van der Waals surface area contributed by atoms with Crippen LogP contribution in [0.15, 0.2) is 16.3 Å². The van der Waals surface area contributed by atoms with Crippen LogP contribution in [-0.4, -0.2) is 49.3 Å². The Hall–Kier alpha value is -1.45. The van der Waals surface area contributed by atoms with Gasteiger partial charge in [0.15, 0.2) is 0 Å². The van der Waals surface area contributed by atoms with Crippen LogP contribution in [0.25, 0.3) is 0 Å². The number of rotatable bonds is 7. The molecule has 1 aromatic rings. The number of carboxylic acids is 1. The molecule has 1 heterocycles. The molecule has 9 heteroatoms. The van der Waals surface area contributed by atoms with E-state index in [1.807, 2.05) is 0 Å². The second-order valence-corrected chi connectivity index (χ2v) is 7.88. The van der Waals surface area contributed by atoms with Crippen molar-refractivity contribution >= 4 is 33.2 Å². The zero-order chi connectivity index (χ0) is 16.2. The Balaban J connectivity index is 2.83. The van der Waals surface area contributed by atoms with Crippen LogP contribution in [0.1, 0.15) is 18.7 Å². The fourth-order valence-electron chi connectivity index (χ4n) is 1.50. The standard InChI is InChI=1S/C12H18N2O5S2/c1-8(12(16)17)14(3)21(18,19)11-5-4-10(20-11)6-7-13-9(2)15/h4-5,8H,6-7H2,1-3H3,(H,13,15)(H,16,17). The molecule has 118 valence electrons. The molecule has 0 fully saturated rings. The Morgan fingerprint density at radius 2 is 2.05 bits per heavy atom. The van der Waals surface area contributed by atoms with E-state index in [1.165, 1.54) is 27.0 Å². The van der Waals surface area contributed by atoms with E-state index in [0.29, 0.717) is 13.0 Å². The SMILES string of the molecule is CC(=O)NCCc1ccc(S(=O)(=O)N(C)C(C)C(=O)O)s1. The van der Waals surface area contributed by atoms with Gasteiger partial charge in [-0.3, -0.25) is 9.59 Å². The van der Waals surface area contributed by atoms with Crippen LogP contribution >= 0.6 is 11.3 Å². The number of carbonyl (C=O) groups excluding carboxylic acids is 1. The van der Waals surface area contributed by atoms with E-state index in [0.717, 1.165) is 20.5 Å². The third-order valence-corrected chi connectivity index (χ3v) is 6.46. The van der Waals surface area contributed by atoms with Gasteiger partial charge in [-0.05, 0) is 25.5 Å². The van der Waals surface area contributed by atoms with Crippen molar-refractivity contribution in [1.29, 1.82) is 0 Å². The van der Waals surface area contributed by atoms with E-state index in [9.17, 15) is 18.0 Å². The van der Waals surface area contributed by atoms with Crippen molar-refractivity contribution in [2.75, 3.05) is 13.6 Å². The largest absolute Gasteiger partial charge is 0.480 e. The quantitative estimate of drug-likeness (QED) is 0.756. The third-order valence-electron chi connectivity index (χ3n) is 2.92. The number of likely N-dealkylation sites (N-methyl/N-ethyl adjacent to an activating group) is 1. The van der Waals surface area contributed by atoms with Gasteiger partial charge in [-0.15, -0.1) is 11.3 Å². The molecule has 0 radical (unpaired) electrons. The molecule has 0 aliphatic carbocycles. The second-order valence-electron chi connectivity index (χ2n) is 4.49. The average Bonchev–Trinajstić information content (AvgIpc) is 2.85. The van der Waals surface area contributed by atoms with Gasteiger partial charge >= 0.3 is 5.97 Å². The molecule has 0 saturated carbocycles. The highest BCUT2D eigenvalue weighted by Crippen LogP contribution is 2.25. The number of hydrogen-bond acceptors (Lipinski definition) is 5. The van der Waals surface area contributed by atoms with Gasteiger partial charge in [-0.1, -0.05) is 0 Å². The lowest BCUT2D eigenvalue weighted by molar-refractivity contribution is -0.140. The lowest BCUT2D eigenvalue weighted by Crippen LogP contribution is -2.39. The van der Waals surface area contributed by atoms with Crippen molar-refractivity contribution in [3.63, 3.8) is 0 Å². The molecule has 1 rings (SSSR count). The van der Waals surface area contributed by atoms with E-state index >= 15 is 0 Å². The summed E-state index contributed by atoms with van der Waals surface area (Å²) in [4.78, 5) is 22.5. The monoisotopic (exact) mass is 334 g/mol. The summed E-state index contributed by atoms with van der Waals surface area (Å²) in [6, 6.07) is 1.98. The van der Waals surface area contributed by atoms with Crippen molar-refractivity contribution in [3.05, 3.63) is 17.0 Å². The van der Waals surface area contributed by atoms with Crippen molar-refractivity contribution < 1.29 is 23.1 Å². The molecule has 21 heavy (non-hydrogen) atoms. The molecular weight excluding hydrogens is 316 g/mol. The molecule has 0 spiro atoms. The Morgan fingerprint density at radius 3 is 2.57 bits per heavy atom. The highest BCUT2D eigenvalue weighted by Gasteiger charge is 2.30. The van der Waals surface area contributed by atoms with E-state index in [1.54, 1.807) is 6.07 Å². The van der Waals surface area contributed by atoms with Crippen LogP contribution < -0.4 is 5.32 Å². The van der Waals surface area contributed by atoms with Crippen LogP contribution in [0.2, 0.25) is 0 Å². The Morgan fingerprint density at radius 1 is 1.43 bits per heavy atom. The summed E-state index contributed by atoms with van der Waals surface area (Å²) in [7, 11) is -2.58. The number of hydrogen-bond donors (Lipinski definition) is 2. The molecule has 0 aliphatic heterocycles. The molecule has 2 N–H and O–H groups in total. The van der Waals surface area contributed by atoms with Crippen LogP contribution in [0.3, 0.4) is 0 Å². The minimum absolute atomic E-state index is 0.0934. The van der Waals surface area contributed by atoms with Gasteiger partial charge in [0, 0.05) is 25.4 Å². The minimum Gasteiger partial charge on any atom is -0.480 e. The second kappa shape index (κ2) is 7.01. The summed E-state index contributed by atoms with van der Waals surface area (Å²) in [5, 5.41) is 11.5. The van der Waals surface area contributed by atoms with Crippen molar-refractivity contribution in [3.8, 4) is 0 Å². The fourth-order valence-corrected chi connectivity index (χ4v) is 4.36. The molecule has 1 atom stereocenters. The van der Waals surface area contributed by atoms with Gasteiger partial charge in [0.2, 0.25) is 5.91 Å². The molecule has 1 unspecified atom stereocenters. The predicted octanol–water partition coefficient (Wildman–Crippen LogP) is 0.520. The average molecular weight is 334 g/mol. The maximum atomic E-state index is 12.3. The zero-order valence-electron chi connectivity index (χ0n) is 12.0. The topological polar surface area (TPSA) is 104 Å². The maximum absolute atomic E-state index is 12.3. The van der Waals surface area contributed by atoms with Gasteiger partial charge in [-0.25, -0.2) is 8.42 Å². The lowest BCUT2D eigenvalue weighted by atomic mass is 10.3. The van der Waals surface area contributed by atoms with Crippen LogP contribution in [0, 0.1) is 0 Å².